The van der Waals surface area contributed by atoms with Crippen molar-refractivity contribution in [3.63, 3.8) is 0 Å². The van der Waals surface area contributed by atoms with Gasteiger partial charge in [0.1, 0.15) is 0 Å². The van der Waals surface area contributed by atoms with Crippen molar-refractivity contribution in [3.8, 4) is 0 Å². The van der Waals surface area contributed by atoms with E-state index in [-0.39, 0.29) is 0 Å². The third-order valence-corrected chi connectivity index (χ3v) is 3.98. The zero-order chi connectivity index (χ0) is 12.3. The Morgan fingerprint density at radius 1 is 1.47 bits per heavy atom. The number of pyridine rings is 1. The maximum atomic E-state index is 5.63. The smallest absolute Gasteiger partial charge is 0.0542 e. The molecule has 0 radical (unpaired) electrons. The van der Waals surface area contributed by atoms with Crippen molar-refractivity contribution in [1.82, 2.24) is 9.88 Å². The molecule has 1 aromatic heterocycles. The lowest BCUT2D eigenvalue weighted by Gasteiger charge is -2.38. The molecule has 2 unspecified atom stereocenters. The summed E-state index contributed by atoms with van der Waals surface area (Å²) in [5.41, 5.74) is 7.95. The first-order valence-electron chi connectivity index (χ1n) is 6.58. The average molecular weight is 233 g/mol. The highest BCUT2D eigenvalue weighted by Gasteiger charge is 2.24. The molecule has 2 rings (SSSR count). The molecule has 1 fully saturated rings. The maximum absolute atomic E-state index is 5.63. The SMILES string of the molecule is CC1CCCN(Cc2ccnc(CN)c2)C1C. The molecule has 0 spiro atoms. The van der Waals surface area contributed by atoms with Crippen LogP contribution in [0.2, 0.25) is 0 Å². The van der Waals surface area contributed by atoms with Gasteiger partial charge in [0.25, 0.3) is 0 Å². The molecule has 3 heteroatoms. The molecule has 0 bridgehead atoms. The summed E-state index contributed by atoms with van der Waals surface area (Å²) < 4.78 is 0. The largest absolute Gasteiger partial charge is 0.325 e. The first kappa shape index (κ1) is 12.5. The van der Waals surface area contributed by atoms with Gasteiger partial charge < -0.3 is 5.73 Å². The van der Waals surface area contributed by atoms with Gasteiger partial charge in [-0.25, -0.2) is 0 Å². The van der Waals surface area contributed by atoms with Gasteiger partial charge >= 0.3 is 0 Å². The normalized spacial score (nSPS) is 26.1. The van der Waals surface area contributed by atoms with E-state index in [1.54, 1.807) is 0 Å². The van der Waals surface area contributed by atoms with E-state index in [4.69, 9.17) is 5.73 Å². The van der Waals surface area contributed by atoms with Gasteiger partial charge in [-0.1, -0.05) is 6.92 Å². The Bertz CT molecular complexity index is 364. The molecule has 94 valence electrons. The molecule has 1 saturated heterocycles. The topological polar surface area (TPSA) is 42.2 Å². The van der Waals surface area contributed by atoms with Crippen LogP contribution in [0.3, 0.4) is 0 Å². The zero-order valence-electron chi connectivity index (χ0n) is 10.9. The number of hydrogen-bond donors (Lipinski definition) is 1. The van der Waals surface area contributed by atoms with Crippen LogP contribution in [0.1, 0.15) is 37.9 Å². The Kier molecular flexibility index (Phi) is 4.13. The molecule has 17 heavy (non-hydrogen) atoms. The monoisotopic (exact) mass is 233 g/mol. The van der Waals surface area contributed by atoms with Gasteiger partial charge in [-0.3, -0.25) is 9.88 Å². The van der Waals surface area contributed by atoms with Gasteiger partial charge in [-0.2, -0.15) is 0 Å². The van der Waals surface area contributed by atoms with E-state index in [1.807, 2.05) is 6.20 Å². The van der Waals surface area contributed by atoms with Crippen LogP contribution in [0.5, 0.6) is 0 Å². The minimum atomic E-state index is 0.528. The summed E-state index contributed by atoms with van der Waals surface area (Å²) in [6, 6.07) is 4.91. The number of aromatic nitrogens is 1. The fourth-order valence-corrected chi connectivity index (χ4v) is 2.62. The van der Waals surface area contributed by atoms with Crippen LogP contribution in [0.25, 0.3) is 0 Å². The summed E-state index contributed by atoms with van der Waals surface area (Å²) in [6.45, 7) is 7.47. The molecule has 2 atom stereocenters. The van der Waals surface area contributed by atoms with Gasteiger partial charge in [-0.05, 0) is 49.9 Å². The third kappa shape index (κ3) is 3.05. The van der Waals surface area contributed by atoms with E-state index >= 15 is 0 Å². The molecule has 0 aromatic carbocycles. The van der Waals surface area contributed by atoms with Crippen molar-refractivity contribution < 1.29 is 0 Å². The van der Waals surface area contributed by atoms with Crippen LogP contribution in [-0.4, -0.2) is 22.5 Å². The van der Waals surface area contributed by atoms with Gasteiger partial charge in [0, 0.05) is 25.3 Å². The number of nitrogens with zero attached hydrogens (tertiary/aromatic N) is 2. The van der Waals surface area contributed by atoms with Gasteiger partial charge in [0.15, 0.2) is 0 Å². The van der Waals surface area contributed by atoms with E-state index in [1.165, 1.54) is 24.9 Å². The van der Waals surface area contributed by atoms with Crippen molar-refractivity contribution in [1.29, 1.82) is 0 Å². The summed E-state index contributed by atoms with van der Waals surface area (Å²) in [4.78, 5) is 6.81. The predicted molar refractivity (Wildman–Crippen MR) is 70.4 cm³/mol. The summed E-state index contributed by atoms with van der Waals surface area (Å²) in [7, 11) is 0. The van der Waals surface area contributed by atoms with E-state index in [2.05, 4.69) is 35.9 Å². The number of nitrogens with two attached hydrogens (primary N) is 1. The standard InChI is InChI=1S/C14H23N3/c1-11-4-3-7-17(12(11)2)10-13-5-6-16-14(8-13)9-15/h5-6,8,11-12H,3-4,7,9-10,15H2,1-2H3. The summed E-state index contributed by atoms with van der Waals surface area (Å²) in [5, 5.41) is 0. The molecule has 0 aliphatic carbocycles. The number of rotatable bonds is 3. The third-order valence-electron chi connectivity index (χ3n) is 3.98. The first-order valence-corrected chi connectivity index (χ1v) is 6.58. The van der Waals surface area contributed by atoms with Crippen LogP contribution in [0, 0.1) is 5.92 Å². The molecule has 0 saturated carbocycles. The minimum absolute atomic E-state index is 0.528. The summed E-state index contributed by atoms with van der Waals surface area (Å²) in [6.07, 6.45) is 4.55. The lowest BCUT2D eigenvalue weighted by Crippen LogP contribution is -2.41. The van der Waals surface area contributed by atoms with Crippen molar-refractivity contribution in [2.45, 2.75) is 45.8 Å². The van der Waals surface area contributed by atoms with Gasteiger partial charge in [-0.15, -0.1) is 0 Å². The Morgan fingerprint density at radius 3 is 3.06 bits per heavy atom. The lowest BCUT2D eigenvalue weighted by molar-refractivity contribution is 0.106. The number of hydrogen-bond acceptors (Lipinski definition) is 3. The van der Waals surface area contributed by atoms with Crippen LogP contribution in [0.4, 0.5) is 0 Å². The van der Waals surface area contributed by atoms with Crippen LogP contribution < -0.4 is 5.73 Å². The van der Waals surface area contributed by atoms with E-state index in [0.717, 1.165) is 18.2 Å². The molecule has 2 N–H and O–H groups in total. The second-order valence-corrected chi connectivity index (χ2v) is 5.19. The predicted octanol–water partition coefficient (Wildman–Crippen LogP) is 2.16. The van der Waals surface area contributed by atoms with Crippen molar-refractivity contribution in [2.24, 2.45) is 11.7 Å². The second-order valence-electron chi connectivity index (χ2n) is 5.19. The molecule has 0 amide bonds. The lowest BCUT2D eigenvalue weighted by atomic mass is 9.92. The Labute approximate surface area is 104 Å². The number of likely N-dealkylation sites (tertiary alicyclic amines) is 1. The van der Waals surface area contributed by atoms with Crippen LogP contribution in [0.15, 0.2) is 18.3 Å². The van der Waals surface area contributed by atoms with E-state index in [9.17, 15) is 0 Å². The second kappa shape index (κ2) is 5.61. The Morgan fingerprint density at radius 2 is 2.29 bits per heavy atom. The minimum Gasteiger partial charge on any atom is -0.325 e. The Balaban J connectivity index is 2.04. The molecular formula is C14H23N3. The first-order chi connectivity index (χ1) is 8.20. The molecule has 1 aliphatic rings. The molecule has 3 nitrogen and oxygen atoms in total. The highest BCUT2D eigenvalue weighted by atomic mass is 15.2. The quantitative estimate of drug-likeness (QED) is 0.870. The Hall–Kier alpha value is -0.930. The van der Waals surface area contributed by atoms with E-state index < -0.39 is 0 Å². The van der Waals surface area contributed by atoms with Crippen LogP contribution >= 0.6 is 0 Å². The maximum Gasteiger partial charge on any atom is 0.0542 e. The highest BCUT2D eigenvalue weighted by Crippen LogP contribution is 2.24. The average Bonchev–Trinajstić information content (AvgIpc) is 2.35. The zero-order valence-corrected chi connectivity index (χ0v) is 10.9. The fourth-order valence-electron chi connectivity index (χ4n) is 2.62. The highest BCUT2D eigenvalue weighted by molar-refractivity contribution is 5.16. The van der Waals surface area contributed by atoms with Gasteiger partial charge in [0.05, 0.1) is 5.69 Å². The molecule has 1 aliphatic heterocycles. The summed E-state index contributed by atoms with van der Waals surface area (Å²) in [5.74, 6) is 0.805. The molecule has 2 heterocycles. The molecule has 1 aromatic rings. The van der Waals surface area contributed by atoms with Crippen molar-refractivity contribution >= 4 is 0 Å². The number of piperidine rings is 1. The van der Waals surface area contributed by atoms with Crippen LogP contribution in [-0.2, 0) is 13.1 Å². The van der Waals surface area contributed by atoms with Crippen molar-refractivity contribution in [3.05, 3.63) is 29.6 Å². The molecular weight excluding hydrogens is 210 g/mol. The summed E-state index contributed by atoms with van der Waals surface area (Å²) >= 11 is 0. The van der Waals surface area contributed by atoms with Crippen molar-refractivity contribution in [2.75, 3.05) is 6.54 Å². The fraction of sp³-hybridized carbons (Fsp3) is 0.643. The van der Waals surface area contributed by atoms with Gasteiger partial charge in [0.2, 0.25) is 0 Å². The van der Waals surface area contributed by atoms with E-state index in [0.29, 0.717) is 12.6 Å².